The summed E-state index contributed by atoms with van der Waals surface area (Å²) in [4.78, 5) is 31.8. The lowest BCUT2D eigenvalue weighted by Gasteiger charge is -2.17. The van der Waals surface area contributed by atoms with Gasteiger partial charge >= 0.3 is 0 Å². The van der Waals surface area contributed by atoms with Crippen molar-refractivity contribution >= 4 is 17.5 Å². The fourth-order valence-electron chi connectivity index (χ4n) is 4.11. The Hall–Kier alpha value is -4.46. The summed E-state index contributed by atoms with van der Waals surface area (Å²) in [6.45, 7) is 0.875. The third-order valence-corrected chi connectivity index (χ3v) is 5.99. The van der Waals surface area contributed by atoms with Gasteiger partial charge in [0.05, 0.1) is 24.3 Å². The van der Waals surface area contributed by atoms with Gasteiger partial charge in [-0.15, -0.1) is 0 Å². The van der Waals surface area contributed by atoms with E-state index in [0.29, 0.717) is 36.1 Å². The van der Waals surface area contributed by atoms with E-state index in [-0.39, 0.29) is 18.2 Å². The van der Waals surface area contributed by atoms with Gasteiger partial charge in [-0.3, -0.25) is 9.59 Å². The molecule has 2 amide bonds. The van der Waals surface area contributed by atoms with Crippen molar-refractivity contribution in [1.82, 2.24) is 15.0 Å². The number of anilines is 1. The Balaban J connectivity index is 1.29. The van der Waals surface area contributed by atoms with E-state index in [2.05, 4.69) is 15.5 Å². The van der Waals surface area contributed by atoms with Gasteiger partial charge in [0, 0.05) is 25.1 Å². The van der Waals surface area contributed by atoms with E-state index in [9.17, 15) is 9.59 Å². The van der Waals surface area contributed by atoms with E-state index in [1.54, 1.807) is 18.1 Å². The zero-order valence-electron chi connectivity index (χ0n) is 19.2. The fraction of sp³-hybridized carbons (Fsp3) is 0.185. The number of ether oxygens (including phenoxy) is 1. The summed E-state index contributed by atoms with van der Waals surface area (Å²) in [7, 11) is 1.61. The Morgan fingerprint density at radius 1 is 1.06 bits per heavy atom. The first-order chi connectivity index (χ1) is 17.1. The minimum Gasteiger partial charge on any atom is -0.497 e. The number of para-hydroxylation sites is 1. The number of carbonyl (C=O) groups excluding carboxylic acids is 2. The lowest BCUT2D eigenvalue weighted by molar-refractivity contribution is -0.128. The van der Waals surface area contributed by atoms with Crippen molar-refractivity contribution in [2.24, 2.45) is 5.92 Å². The quantitative estimate of drug-likeness (QED) is 0.432. The van der Waals surface area contributed by atoms with Crippen LogP contribution in [0.25, 0.3) is 22.8 Å². The third kappa shape index (κ3) is 4.91. The summed E-state index contributed by atoms with van der Waals surface area (Å²) in [6.07, 6.45) is 0.184. The van der Waals surface area contributed by atoms with Crippen LogP contribution in [0.1, 0.15) is 12.0 Å². The predicted octanol–water partition coefficient (Wildman–Crippen LogP) is 4.40. The van der Waals surface area contributed by atoms with Gasteiger partial charge in [0.15, 0.2) is 0 Å². The first kappa shape index (κ1) is 22.3. The van der Waals surface area contributed by atoms with Crippen LogP contribution in [-0.4, -0.2) is 40.5 Å². The summed E-state index contributed by atoms with van der Waals surface area (Å²) in [5.74, 6) is 0.788. The van der Waals surface area contributed by atoms with Gasteiger partial charge in [-0.05, 0) is 42.0 Å². The van der Waals surface area contributed by atoms with E-state index < -0.39 is 5.92 Å². The molecule has 0 saturated carbocycles. The molecule has 1 saturated heterocycles. The summed E-state index contributed by atoms with van der Waals surface area (Å²) in [6, 6.07) is 24.3. The molecule has 0 radical (unpaired) electrons. The molecule has 3 aromatic carbocycles. The number of nitrogens with one attached hydrogen (secondary N) is 1. The normalized spacial score (nSPS) is 15.3. The van der Waals surface area contributed by atoms with E-state index >= 15 is 0 Å². The molecule has 4 aromatic rings. The van der Waals surface area contributed by atoms with Crippen LogP contribution in [0.4, 0.5) is 5.69 Å². The highest BCUT2D eigenvalue weighted by atomic mass is 16.5. The number of nitrogens with zero attached hydrogens (tertiary/aromatic N) is 3. The second-order valence-corrected chi connectivity index (χ2v) is 8.35. The van der Waals surface area contributed by atoms with Crippen LogP contribution in [-0.2, 0) is 16.1 Å². The lowest BCUT2D eigenvalue weighted by Crippen LogP contribution is -2.28. The van der Waals surface area contributed by atoms with Crippen LogP contribution >= 0.6 is 0 Å². The Morgan fingerprint density at radius 2 is 1.80 bits per heavy atom. The Bertz CT molecular complexity index is 1330. The molecule has 0 bridgehead atoms. The van der Waals surface area contributed by atoms with Crippen molar-refractivity contribution in [3.05, 3.63) is 84.4 Å². The molecule has 2 heterocycles. The molecule has 0 aliphatic carbocycles. The molecule has 1 atom stereocenters. The number of aromatic nitrogens is 2. The Morgan fingerprint density at radius 3 is 2.57 bits per heavy atom. The van der Waals surface area contributed by atoms with Crippen molar-refractivity contribution < 1.29 is 18.8 Å². The molecule has 1 fully saturated rings. The van der Waals surface area contributed by atoms with Crippen molar-refractivity contribution in [1.29, 1.82) is 0 Å². The summed E-state index contributed by atoms with van der Waals surface area (Å²) in [5.41, 5.74) is 2.98. The van der Waals surface area contributed by atoms with Crippen LogP contribution in [0.15, 0.2) is 83.4 Å². The van der Waals surface area contributed by atoms with Crippen LogP contribution in [0.3, 0.4) is 0 Å². The predicted molar refractivity (Wildman–Crippen MR) is 130 cm³/mol. The monoisotopic (exact) mass is 468 g/mol. The van der Waals surface area contributed by atoms with Gasteiger partial charge in [0.2, 0.25) is 17.6 Å². The highest BCUT2D eigenvalue weighted by molar-refractivity contribution is 5.99. The molecule has 5 rings (SSSR count). The average Bonchev–Trinajstić information content (AvgIpc) is 3.52. The number of rotatable bonds is 7. The highest BCUT2D eigenvalue weighted by Crippen LogP contribution is 2.30. The SMILES string of the molecule is COc1ccc(-c2noc(-c3ccccc3NC(=O)[C@@H]3CC(=O)N(Cc4ccccc4)C3)n2)cc1. The van der Waals surface area contributed by atoms with Crippen molar-refractivity contribution in [3.8, 4) is 28.6 Å². The maximum atomic E-state index is 13.1. The van der Waals surface area contributed by atoms with Gasteiger partial charge < -0.3 is 19.5 Å². The molecular weight excluding hydrogens is 444 g/mol. The summed E-state index contributed by atoms with van der Waals surface area (Å²) >= 11 is 0. The van der Waals surface area contributed by atoms with Gasteiger partial charge in [-0.2, -0.15) is 4.98 Å². The molecular formula is C27H24N4O4. The number of methoxy groups -OCH3 is 1. The minimum absolute atomic E-state index is 0.0247. The van der Waals surface area contributed by atoms with Crippen LogP contribution < -0.4 is 10.1 Å². The van der Waals surface area contributed by atoms with Gasteiger partial charge in [0.1, 0.15) is 5.75 Å². The van der Waals surface area contributed by atoms with Crippen molar-refractivity contribution in [2.45, 2.75) is 13.0 Å². The first-order valence-corrected chi connectivity index (χ1v) is 11.3. The molecule has 35 heavy (non-hydrogen) atoms. The fourth-order valence-corrected chi connectivity index (χ4v) is 4.11. The molecule has 0 unspecified atom stereocenters. The molecule has 1 aliphatic heterocycles. The maximum Gasteiger partial charge on any atom is 0.260 e. The average molecular weight is 469 g/mol. The number of hydrogen-bond acceptors (Lipinski definition) is 6. The number of benzene rings is 3. The number of hydrogen-bond donors (Lipinski definition) is 1. The van der Waals surface area contributed by atoms with E-state index in [1.807, 2.05) is 72.8 Å². The van der Waals surface area contributed by atoms with Crippen LogP contribution in [0, 0.1) is 5.92 Å². The number of carbonyl (C=O) groups is 2. The lowest BCUT2D eigenvalue weighted by atomic mass is 10.1. The van der Waals surface area contributed by atoms with Crippen LogP contribution in [0.5, 0.6) is 5.75 Å². The molecule has 0 spiro atoms. The molecule has 1 aliphatic rings. The molecule has 1 aromatic heterocycles. The summed E-state index contributed by atoms with van der Waals surface area (Å²) in [5, 5.41) is 7.04. The first-order valence-electron chi connectivity index (χ1n) is 11.3. The number of amides is 2. The maximum absolute atomic E-state index is 13.1. The van der Waals surface area contributed by atoms with E-state index in [0.717, 1.165) is 16.9 Å². The van der Waals surface area contributed by atoms with Crippen LogP contribution in [0.2, 0.25) is 0 Å². The largest absolute Gasteiger partial charge is 0.497 e. The van der Waals surface area contributed by atoms with Gasteiger partial charge in [0.25, 0.3) is 5.89 Å². The smallest absolute Gasteiger partial charge is 0.260 e. The zero-order valence-corrected chi connectivity index (χ0v) is 19.2. The van der Waals surface area contributed by atoms with Gasteiger partial charge in [-0.1, -0.05) is 47.6 Å². The van der Waals surface area contributed by atoms with Crippen molar-refractivity contribution in [2.75, 3.05) is 19.0 Å². The minimum atomic E-state index is -0.434. The topological polar surface area (TPSA) is 97.6 Å². The molecule has 8 nitrogen and oxygen atoms in total. The van der Waals surface area contributed by atoms with Gasteiger partial charge in [-0.25, -0.2) is 0 Å². The Labute approximate surface area is 202 Å². The molecule has 1 N–H and O–H groups in total. The second-order valence-electron chi connectivity index (χ2n) is 8.35. The molecule has 8 heteroatoms. The molecule has 176 valence electrons. The summed E-state index contributed by atoms with van der Waals surface area (Å²) < 4.78 is 10.7. The van der Waals surface area contributed by atoms with E-state index in [1.165, 1.54) is 0 Å². The zero-order chi connectivity index (χ0) is 24.2. The third-order valence-electron chi connectivity index (χ3n) is 5.99. The standard InChI is InChI=1S/C27H24N4O4/c1-34-21-13-11-19(12-14-21)25-29-27(35-30-25)22-9-5-6-10-23(22)28-26(33)20-15-24(32)31(17-20)16-18-7-3-2-4-8-18/h2-14,20H,15-17H2,1H3,(H,28,33)/t20-/m1/s1. The van der Waals surface area contributed by atoms with E-state index in [4.69, 9.17) is 9.26 Å². The highest BCUT2D eigenvalue weighted by Gasteiger charge is 2.34. The Kier molecular flexibility index (Phi) is 6.26. The van der Waals surface area contributed by atoms with Crippen molar-refractivity contribution in [3.63, 3.8) is 0 Å². The second kappa shape index (κ2) is 9.80. The number of likely N-dealkylation sites (tertiary alicyclic amines) is 1.